The van der Waals surface area contributed by atoms with Crippen molar-refractivity contribution in [1.29, 1.82) is 0 Å². The Morgan fingerprint density at radius 2 is 1.43 bits per heavy atom. The van der Waals surface area contributed by atoms with Gasteiger partial charge in [0.2, 0.25) is 0 Å². The highest BCUT2D eigenvalue weighted by molar-refractivity contribution is 5.41. The minimum absolute atomic E-state index is 0.0244. The van der Waals surface area contributed by atoms with Crippen LogP contribution in [0.3, 0.4) is 0 Å². The minimum Gasteiger partial charge on any atom is -0.299 e. The maximum absolute atomic E-state index is 13.7. The topological polar surface area (TPSA) is 3.24 Å². The van der Waals surface area contributed by atoms with Crippen molar-refractivity contribution in [1.82, 2.24) is 4.90 Å². The zero-order chi connectivity index (χ0) is 15.7. The predicted molar refractivity (Wildman–Crippen MR) is 82.5 cm³/mol. The third kappa shape index (κ3) is 3.13. The smallest absolute Gasteiger partial charge is 0.126 e. The van der Waals surface area contributed by atoms with Gasteiger partial charge in [-0.15, -0.1) is 0 Å². The lowest BCUT2D eigenvalue weighted by Crippen LogP contribution is -2.22. The summed E-state index contributed by atoms with van der Waals surface area (Å²) in [5, 5.41) is 0. The van der Waals surface area contributed by atoms with Crippen molar-refractivity contribution in [2.75, 3.05) is 14.1 Å². The summed E-state index contributed by atoms with van der Waals surface area (Å²) >= 11 is 0. The van der Waals surface area contributed by atoms with E-state index in [9.17, 15) is 8.78 Å². The Morgan fingerprint density at radius 3 is 2.00 bits per heavy atom. The molecule has 1 nitrogen and oxygen atoms in total. The van der Waals surface area contributed by atoms with Gasteiger partial charge in [0.1, 0.15) is 11.6 Å². The Morgan fingerprint density at radius 1 is 0.810 bits per heavy atom. The van der Waals surface area contributed by atoms with E-state index in [4.69, 9.17) is 0 Å². The van der Waals surface area contributed by atoms with Gasteiger partial charge in [0.15, 0.2) is 0 Å². The van der Waals surface area contributed by atoms with Crippen molar-refractivity contribution < 1.29 is 8.78 Å². The van der Waals surface area contributed by atoms with Gasteiger partial charge in [-0.1, -0.05) is 18.2 Å². The van der Waals surface area contributed by atoms with Gasteiger partial charge in [-0.05, 0) is 74.8 Å². The molecule has 2 aromatic carbocycles. The number of aryl methyl sites for hydroxylation is 3. The summed E-state index contributed by atoms with van der Waals surface area (Å²) in [7, 11) is 3.95. The molecule has 3 heteroatoms. The number of hydrogen-bond donors (Lipinski definition) is 0. The van der Waals surface area contributed by atoms with Crippen LogP contribution in [0.4, 0.5) is 8.78 Å². The molecule has 2 aromatic rings. The molecule has 0 aliphatic rings. The SMILES string of the molecule is Cc1cc([C@@H](c2cc(C)c(F)cc2C)N(C)C)ccc1F. The summed E-state index contributed by atoms with van der Waals surface area (Å²) in [5.74, 6) is -0.396. The van der Waals surface area contributed by atoms with Crippen LogP contribution in [0, 0.1) is 32.4 Å². The zero-order valence-electron chi connectivity index (χ0n) is 13.2. The fourth-order valence-corrected chi connectivity index (χ4v) is 2.69. The molecule has 1 atom stereocenters. The van der Waals surface area contributed by atoms with E-state index in [1.807, 2.05) is 33.2 Å². The molecule has 2 rings (SSSR count). The Hall–Kier alpha value is -1.74. The third-order valence-electron chi connectivity index (χ3n) is 3.86. The van der Waals surface area contributed by atoms with Gasteiger partial charge in [0, 0.05) is 0 Å². The fourth-order valence-electron chi connectivity index (χ4n) is 2.69. The molecule has 0 unspecified atom stereocenters. The highest BCUT2D eigenvalue weighted by atomic mass is 19.1. The van der Waals surface area contributed by atoms with Gasteiger partial charge >= 0.3 is 0 Å². The maximum atomic E-state index is 13.7. The quantitative estimate of drug-likeness (QED) is 0.801. The molecule has 0 heterocycles. The molecule has 0 aliphatic carbocycles. The highest BCUT2D eigenvalue weighted by Gasteiger charge is 2.20. The van der Waals surface area contributed by atoms with Crippen molar-refractivity contribution in [3.63, 3.8) is 0 Å². The minimum atomic E-state index is -0.205. The Kier molecular flexibility index (Phi) is 4.43. The molecule has 112 valence electrons. The van der Waals surface area contributed by atoms with E-state index in [1.165, 1.54) is 6.07 Å². The van der Waals surface area contributed by atoms with Crippen LogP contribution in [-0.4, -0.2) is 19.0 Å². The molecule has 0 saturated heterocycles. The van der Waals surface area contributed by atoms with Gasteiger partial charge in [0.05, 0.1) is 6.04 Å². The molecule has 0 spiro atoms. The Labute approximate surface area is 125 Å². The van der Waals surface area contributed by atoms with Crippen molar-refractivity contribution in [3.05, 3.63) is 69.8 Å². The van der Waals surface area contributed by atoms with Crippen LogP contribution >= 0.6 is 0 Å². The maximum Gasteiger partial charge on any atom is 0.126 e. The number of halogens is 2. The van der Waals surface area contributed by atoms with Crippen LogP contribution in [0.25, 0.3) is 0 Å². The Bertz CT molecular complexity index is 663. The molecule has 0 saturated carbocycles. The lowest BCUT2D eigenvalue weighted by Gasteiger charge is -2.27. The number of rotatable bonds is 3. The predicted octanol–water partition coefficient (Wildman–Crippen LogP) is 4.54. The number of benzene rings is 2. The van der Waals surface area contributed by atoms with Crippen molar-refractivity contribution in [2.45, 2.75) is 26.8 Å². The molecule has 0 bridgehead atoms. The molecule has 0 N–H and O–H groups in total. The standard InChI is InChI=1S/C18H21F2N/c1-11-10-17(20)13(3)9-15(11)18(21(4)5)14-6-7-16(19)12(2)8-14/h6-10,18H,1-5H3/t18-/m0/s1. The summed E-state index contributed by atoms with van der Waals surface area (Å²) < 4.78 is 27.2. The van der Waals surface area contributed by atoms with Crippen LogP contribution < -0.4 is 0 Å². The molecular formula is C18H21F2N. The molecule has 0 aliphatic heterocycles. The van der Waals surface area contributed by atoms with E-state index in [-0.39, 0.29) is 17.7 Å². The van der Waals surface area contributed by atoms with Crippen molar-refractivity contribution >= 4 is 0 Å². The molecule has 0 fully saturated rings. The monoisotopic (exact) mass is 289 g/mol. The first kappa shape index (κ1) is 15.6. The van der Waals surface area contributed by atoms with E-state index in [1.54, 1.807) is 26.0 Å². The Balaban J connectivity index is 2.58. The first-order chi connectivity index (χ1) is 9.81. The zero-order valence-corrected chi connectivity index (χ0v) is 13.2. The summed E-state index contributed by atoms with van der Waals surface area (Å²) in [6, 6.07) is 8.57. The lowest BCUT2D eigenvalue weighted by molar-refractivity contribution is 0.340. The fraction of sp³-hybridized carbons (Fsp3) is 0.333. The average Bonchev–Trinajstić information content (AvgIpc) is 2.39. The molecule has 0 amide bonds. The average molecular weight is 289 g/mol. The second-order valence-electron chi connectivity index (χ2n) is 5.83. The second kappa shape index (κ2) is 5.94. The van der Waals surface area contributed by atoms with Crippen LogP contribution in [0.1, 0.15) is 33.9 Å². The summed E-state index contributed by atoms with van der Waals surface area (Å²) in [4.78, 5) is 2.06. The van der Waals surface area contributed by atoms with Crippen LogP contribution in [0.5, 0.6) is 0 Å². The van der Waals surface area contributed by atoms with E-state index in [2.05, 4.69) is 4.90 Å². The van der Waals surface area contributed by atoms with E-state index in [0.29, 0.717) is 11.1 Å². The van der Waals surface area contributed by atoms with Gasteiger partial charge < -0.3 is 0 Å². The third-order valence-corrected chi connectivity index (χ3v) is 3.86. The largest absolute Gasteiger partial charge is 0.299 e. The molecule has 0 aromatic heterocycles. The van der Waals surface area contributed by atoms with Gasteiger partial charge in [-0.2, -0.15) is 0 Å². The van der Waals surface area contributed by atoms with Gasteiger partial charge in [-0.25, -0.2) is 8.78 Å². The van der Waals surface area contributed by atoms with Crippen molar-refractivity contribution in [2.24, 2.45) is 0 Å². The number of hydrogen-bond acceptors (Lipinski definition) is 1. The van der Waals surface area contributed by atoms with Crippen LogP contribution in [0.2, 0.25) is 0 Å². The van der Waals surface area contributed by atoms with Gasteiger partial charge in [0.25, 0.3) is 0 Å². The number of nitrogens with zero attached hydrogens (tertiary/aromatic N) is 1. The molecule has 21 heavy (non-hydrogen) atoms. The van der Waals surface area contributed by atoms with Gasteiger partial charge in [-0.3, -0.25) is 4.90 Å². The first-order valence-electron chi connectivity index (χ1n) is 7.00. The van der Waals surface area contributed by atoms with E-state index >= 15 is 0 Å². The van der Waals surface area contributed by atoms with E-state index < -0.39 is 0 Å². The molecular weight excluding hydrogens is 268 g/mol. The van der Waals surface area contributed by atoms with Crippen molar-refractivity contribution in [3.8, 4) is 0 Å². The summed E-state index contributed by atoms with van der Waals surface area (Å²) in [5.41, 5.74) is 4.20. The van der Waals surface area contributed by atoms with Crippen LogP contribution in [-0.2, 0) is 0 Å². The van der Waals surface area contributed by atoms with E-state index in [0.717, 1.165) is 16.7 Å². The first-order valence-corrected chi connectivity index (χ1v) is 7.00. The highest BCUT2D eigenvalue weighted by Crippen LogP contribution is 2.31. The summed E-state index contributed by atoms with van der Waals surface area (Å²) in [6.07, 6.45) is 0. The normalized spacial score (nSPS) is 12.8. The van der Waals surface area contributed by atoms with Crippen LogP contribution in [0.15, 0.2) is 30.3 Å². The molecule has 0 radical (unpaired) electrons. The summed E-state index contributed by atoms with van der Waals surface area (Å²) in [6.45, 7) is 5.43. The second-order valence-corrected chi connectivity index (χ2v) is 5.83. The lowest BCUT2D eigenvalue weighted by atomic mass is 9.92.